The van der Waals surface area contributed by atoms with Crippen LogP contribution in [0, 0.1) is 19.7 Å². The highest BCUT2D eigenvalue weighted by molar-refractivity contribution is 5.89. The first-order chi connectivity index (χ1) is 9.97. The van der Waals surface area contributed by atoms with Crippen LogP contribution in [-0.2, 0) is 6.54 Å². The number of amides is 2. The molecule has 0 bridgehead atoms. The SMILES string of the molecule is Cc1ccc(F)c(NC(=O)N(C)Cc2ccccc2C)c1. The average molecular weight is 286 g/mol. The molecular formula is C17H19FN2O. The summed E-state index contributed by atoms with van der Waals surface area (Å²) in [5.74, 6) is -0.432. The summed E-state index contributed by atoms with van der Waals surface area (Å²) in [5, 5.41) is 2.60. The van der Waals surface area contributed by atoms with Crippen molar-refractivity contribution in [3.8, 4) is 0 Å². The highest BCUT2D eigenvalue weighted by atomic mass is 19.1. The van der Waals surface area contributed by atoms with Crippen molar-refractivity contribution < 1.29 is 9.18 Å². The van der Waals surface area contributed by atoms with Crippen molar-refractivity contribution >= 4 is 11.7 Å². The lowest BCUT2D eigenvalue weighted by molar-refractivity contribution is 0.220. The Balaban J connectivity index is 2.06. The van der Waals surface area contributed by atoms with E-state index < -0.39 is 5.82 Å². The van der Waals surface area contributed by atoms with Gasteiger partial charge in [0.1, 0.15) is 5.82 Å². The van der Waals surface area contributed by atoms with E-state index in [0.29, 0.717) is 6.54 Å². The van der Waals surface area contributed by atoms with Crippen LogP contribution in [0.5, 0.6) is 0 Å². The number of nitrogens with one attached hydrogen (secondary N) is 1. The zero-order valence-electron chi connectivity index (χ0n) is 12.5. The Bertz CT molecular complexity index is 655. The molecule has 0 saturated heterocycles. The van der Waals surface area contributed by atoms with E-state index in [1.165, 1.54) is 11.0 Å². The molecule has 0 fully saturated rings. The van der Waals surface area contributed by atoms with Crippen LogP contribution in [0.25, 0.3) is 0 Å². The molecule has 1 N–H and O–H groups in total. The van der Waals surface area contributed by atoms with E-state index in [-0.39, 0.29) is 11.7 Å². The summed E-state index contributed by atoms with van der Waals surface area (Å²) in [5.41, 5.74) is 3.30. The van der Waals surface area contributed by atoms with E-state index in [1.807, 2.05) is 38.1 Å². The Morgan fingerprint density at radius 1 is 1.19 bits per heavy atom. The minimum atomic E-state index is -0.432. The topological polar surface area (TPSA) is 32.3 Å². The largest absolute Gasteiger partial charge is 0.323 e. The Hall–Kier alpha value is -2.36. The number of nitrogens with zero attached hydrogens (tertiary/aromatic N) is 1. The predicted molar refractivity (Wildman–Crippen MR) is 82.8 cm³/mol. The van der Waals surface area contributed by atoms with Gasteiger partial charge >= 0.3 is 6.03 Å². The van der Waals surface area contributed by atoms with E-state index in [9.17, 15) is 9.18 Å². The minimum Gasteiger partial charge on any atom is -0.323 e. The van der Waals surface area contributed by atoms with Crippen molar-refractivity contribution in [2.45, 2.75) is 20.4 Å². The highest BCUT2D eigenvalue weighted by Gasteiger charge is 2.12. The fourth-order valence-corrected chi connectivity index (χ4v) is 2.06. The third-order valence-electron chi connectivity index (χ3n) is 3.38. The van der Waals surface area contributed by atoms with E-state index in [0.717, 1.165) is 16.7 Å². The molecule has 0 aliphatic carbocycles. The summed E-state index contributed by atoms with van der Waals surface area (Å²) < 4.78 is 13.7. The lowest BCUT2D eigenvalue weighted by Crippen LogP contribution is -2.31. The summed E-state index contributed by atoms with van der Waals surface area (Å²) in [4.78, 5) is 13.7. The normalized spacial score (nSPS) is 10.3. The van der Waals surface area contributed by atoms with Crippen LogP contribution < -0.4 is 5.32 Å². The molecule has 0 spiro atoms. The number of aryl methyl sites for hydroxylation is 2. The number of carbonyl (C=O) groups is 1. The molecule has 0 unspecified atom stereocenters. The second-order valence-corrected chi connectivity index (χ2v) is 5.20. The van der Waals surface area contributed by atoms with Gasteiger partial charge in [-0.15, -0.1) is 0 Å². The van der Waals surface area contributed by atoms with E-state index in [2.05, 4.69) is 5.32 Å². The van der Waals surface area contributed by atoms with Gasteiger partial charge in [-0.1, -0.05) is 30.3 Å². The second-order valence-electron chi connectivity index (χ2n) is 5.20. The summed E-state index contributed by atoms with van der Waals surface area (Å²) in [6, 6.07) is 12.2. The maximum absolute atomic E-state index is 13.7. The van der Waals surface area contributed by atoms with E-state index in [1.54, 1.807) is 19.2 Å². The minimum absolute atomic E-state index is 0.205. The highest BCUT2D eigenvalue weighted by Crippen LogP contribution is 2.17. The number of halogens is 1. The monoisotopic (exact) mass is 286 g/mol. The van der Waals surface area contributed by atoms with Crippen molar-refractivity contribution in [2.24, 2.45) is 0 Å². The van der Waals surface area contributed by atoms with Gasteiger partial charge in [0.2, 0.25) is 0 Å². The molecule has 2 amide bonds. The van der Waals surface area contributed by atoms with Gasteiger partial charge in [-0.05, 0) is 42.7 Å². The molecule has 0 radical (unpaired) electrons. The predicted octanol–water partition coefficient (Wildman–Crippen LogP) is 4.11. The summed E-state index contributed by atoms with van der Waals surface area (Å²) >= 11 is 0. The first-order valence-electron chi connectivity index (χ1n) is 6.80. The Labute approximate surface area is 124 Å². The van der Waals surface area contributed by atoms with Gasteiger partial charge in [-0.3, -0.25) is 0 Å². The molecule has 3 nitrogen and oxygen atoms in total. The third-order valence-corrected chi connectivity index (χ3v) is 3.38. The van der Waals surface area contributed by atoms with Gasteiger partial charge in [0.05, 0.1) is 5.69 Å². The van der Waals surface area contributed by atoms with Crippen LogP contribution in [0.1, 0.15) is 16.7 Å². The van der Waals surface area contributed by atoms with Crippen molar-refractivity contribution in [3.05, 3.63) is 65.0 Å². The van der Waals surface area contributed by atoms with Crippen LogP contribution in [0.4, 0.5) is 14.9 Å². The number of hydrogen-bond donors (Lipinski definition) is 1. The number of urea groups is 1. The lowest BCUT2D eigenvalue weighted by atomic mass is 10.1. The molecular weight excluding hydrogens is 267 g/mol. The number of hydrogen-bond acceptors (Lipinski definition) is 1. The number of benzene rings is 2. The van der Waals surface area contributed by atoms with Gasteiger partial charge in [0.15, 0.2) is 0 Å². The Morgan fingerprint density at radius 2 is 1.90 bits per heavy atom. The van der Waals surface area contributed by atoms with Gasteiger partial charge < -0.3 is 10.2 Å². The fraction of sp³-hybridized carbons (Fsp3) is 0.235. The number of rotatable bonds is 3. The molecule has 0 aliphatic rings. The van der Waals surface area contributed by atoms with Gasteiger partial charge in [-0.2, -0.15) is 0 Å². The number of anilines is 1. The van der Waals surface area contributed by atoms with Crippen molar-refractivity contribution in [3.63, 3.8) is 0 Å². The summed E-state index contributed by atoms with van der Waals surface area (Å²) in [6.45, 7) is 4.33. The molecule has 0 atom stereocenters. The van der Waals surface area contributed by atoms with Gasteiger partial charge in [0.25, 0.3) is 0 Å². The van der Waals surface area contributed by atoms with Crippen LogP contribution in [0.3, 0.4) is 0 Å². The second kappa shape index (κ2) is 6.39. The molecule has 4 heteroatoms. The summed E-state index contributed by atoms with van der Waals surface area (Å²) in [6.07, 6.45) is 0. The van der Waals surface area contributed by atoms with E-state index >= 15 is 0 Å². The third kappa shape index (κ3) is 3.81. The maximum Gasteiger partial charge on any atom is 0.321 e. The van der Waals surface area contributed by atoms with Crippen LogP contribution in [0.15, 0.2) is 42.5 Å². The molecule has 2 rings (SSSR count). The average Bonchev–Trinajstić information content (AvgIpc) is 2.45. The standard InChI is InChI=1S/C17H19FN2O/c1-12-8-9-15(18)16(10-12)19-17(21)20(3)11-14-7-5-4-6-13(14)2/h4-10H,11H2,1-3H3,(H,19,21). The smallest absolute Gasteiger partial charge is 0.321 e. The van der Waals surface area contributed by atoms with Gasteiger partial charge in [0, 0.05) is 13.6 Å². The molecule has 0 heterocycles. The van der Waals surface area contributed by atoms with Gasteiger partial charge in [-0.25, -0.2) is 9.18 Å². The lowest BCUT2D eigenvalue weighted by Gasteiger charge is -2.19. The van der Waals surface area contributed by atoms with Crippen molar-refractivity contribution in [1.82, 2.24) is 4.90 Å². The Morgan fingerprint density at radius 3 is 2.62 bits per heavy atom. The first kappa shape index (κ1) is 15.0. The molecule has 110 valence electrons. The van der Waals surface area contributed by atoms with Crippen molar-refractivity contribution in [2.75, 3.05) is 12.4 Å². The molecule has 0 saturated carbocycles. The summed E-state index contributed by atoms with van der Waals surface area (Å²) in [7, 11) is 1.69. The fourth-order valence-electron chi connectivity index (χ4n) is 2.06. The molecule has 21 heavy (non-hydrogen) atoms. The van der Waals surface area contributed by atoms with E-state index in [4.69, 9.17) is 0 Å². The molecule has 2 aromatic rings. The van der Waals surface area contributed by atoms with Crippen LogP contribution in [0.2, 0.25) is 0 Å². The zero-order chi connectivity index (χ0) is 15.4. The Kier molecular flexibility index (Phi) is 4.58. The zero-order valence-corrected chi connectivity index (χ0v) is 12.5. The molecule has 2 aromatic carbocycles. The molecule has 0 aromatic heterocycles. The van der Waals surface area contributed by atoms with Crippen molar-refractivity contribution in [1.29, 1.82) is 0 Å². The maximum atomic E-state index is 13.7. The number of carbonyl (C=O) groups excluding carboxylic acids is 1. The first-order valence-corrected chi connectivity index (χ1v) is 6.80. The van der Waals surface area contributed by atoms with Crippen LogP contribution >= 0.6 is 0 Å². The van der Waals surface area contributed by atoms with Crippen LogP contribution in [-0.4, -0.2) is 18.0 Å². The quantitative estimate of drug-likeness (QED) is 0.905. The molecule has 0 aliphatic heterocycles.